The largest absolute Gasteiger partial charge is 0.497 e. The highest BCUT2D eigenvalue weighted by molar-refractivity contribution is 5.78. The van der Waals surface area contributed by atoms with Gasteiger partial charge in [-0.2, -0.15) is 0 Å². The molecule has 5 heteroatoms. The van der Waals surface area contributed by atoms with E-state index < -0.39 is 0 Å². The molecular weight excluding hydrogens is 292 g/mol. The van der Waals surface area contributed by atoms with E-state index in [1.165, 1.54) is 19.3 Å². The van der Waals surface area contributed by atoms with E-state index >= 15 is 0 Å². The van der Waals surface area contributed by atoms with Crippen molar-refractivity contribution in [2.75, 3.05) is 27.3 Å². The standard InChI is InChI=1S/C18H28N2O3/c1-13-7-5-6-10-20(13)12-18(21)19-14(2)16-11-15(22-3)8-9-17(16)23-4/h8-9,11,13-14H,5-7,10,12H2,1-4H3,(H,19,21). The first-order chi connectivity index (χ1) is 11.0. The highest BCUT2D eigenvalue weighted by Crippen LogP contribution is 2.29. The third-order valence-corrected chi connectivity index (χ3v) is 4.57. The number of carbonyl (C=O) groups is 1. The van der Waals surface area contributed by atoms with Gasteiger partial charge in [-0.25, -0.2) is 0 Å². The Balaban J connectivity index is 2.00. The van der Waals surface area contributed by atoms with Crippen LogP contribution in [0.4, 0.5) is 0 Å². The first-order valence-corrected chi connectivity index (χ1v) is 8.30. The van der Waals surface area contributed by atoms with E-state index in [4.69, 9.17) is 9.47 Å². The van der Waals surface area contributed by atoms with E-state index in [0.717, 1.165) is 23.6 Å². The Morgan fingerprint density at radius 2 is 2.13 bits per heavy atom. The van der Waals surface area contributed by atoms with E-state index in [-0.39, 0.29) is 11.9 Å². The number of benzene rings is 1. The van der Waals surface area contributed by atoms with Crippen molar-refractivity contribution in [2.24, 2.45) is 0 Å². The van der Waals surface area contributed by atoms with Gasteiger partial charge in [0.1, 0.15) is 11.5 Å². The zero-order valence-corrected chi connectivity index (χ0v) is 14.6. The van der Waals surface area contributed by atoms with Crippen molar-refractivity contribution in [3.8, 4) is 11.5 Å². The summed E-state index contributed by atoms with van der Waals surface area (Å²) in [5.74, 6) is 1.56. The van der Waals surface area contributed by atoms with Crippen LogP contribution in [0.5, 0.6) is 11.5 Å². The molecule has 0 bridgehead atoms. The fourth-order valence-electron chi connectivity index (χ4n) is 3.12. The second-order valence-electron chi connectivity index (χ2n) is 6.21. The van der Waals surface area contributed by atoms with Crippen LogP contribution in [-0.2, 0) is 4.79 Å². The van der Waals surface area contributed by atoms with Gasteiger partial charge in [-0.3, -0.25) is 9.69 Å². The minimum atomic E-state index is -0.132. The number of nitrogens with one attached hydrogen (secondary N) is 1. The van der Waals surface area contributed by atoms with Gasteiger partial charge in [0.25, 0.3) is 0 Å². The van der Waals surface area contributed by atoms with Crippen LogP contribution in [0.2, 0.25) is 0 Å². The lowest BCUT2D eigenvalue weighted by Gasteiger charge is -2.33. The number of methoxy groups -OCH3 is 2. The minimum Gasteiger partial charge on any atom is -0.497 e. The summed E-state index contributed by atoms with van der Waals surface area (Å²) in [6, 6.07) is 5.98. The number of carbonyl (C=O) groups excluding carboxylic acids is 1. The molecule has 1 aliphatic heterocycles. The zero-order valence-electron chi connectivity index (χ0n) is 14.6. The third kappa shape index (κ3) is 4.61. The van der Waals surface area contributed by atoms with Gasteiger partial charge in [0.15, 0.2) is 0 Å². The molecule has 1 amide bonds. The Labute approximate surface area is 139 Å². The summed E-state index contributed by atoms with van der Waals surface area (Å²) in [6.45, 7) is 5.62. The predicted molar refractivity (Wildman–Crippen MR) is 91.0 cm³/mol. The molecule has 2 unspecified atom stereocenters. The third-order valence-electron chi connectivity index (χ3n) is 4.57. The van der Waals surface area contributed by atoms with E-state index in [0.29, 0.717) is 12.6 Å². The number of likely N-dealkylation sites (tertiary alicyclic amines) is 1. The summed E-state index contributed by atoms with van der Waals surface area (Å²) < 4.78 is 10.7. The predicted octanol–water partition coefficient (Wildman–Crippen LogP) is 2.76. The van der Waals surface area contributed by atoms with E-state index in [2.05, 4.69) is 17.1 Å². The second-order valence-corrected chi connectivity index (χ2v) is 6.21. The van der Waals surface area contributed by atoms with Crippen molar-refractivity contribution in [1.29, 1.82) is 0 Å². The summed E-state index contributed by atoms with van der Waals surface area (Å²) in [5, 5.41) is 3.07. The summed E-state index contributed by atoms with van der Waals surface area (Å²) in [6.07, 6.45) is 3.61. The Kier molecular flexibility index (Phi) is 6.28. The van der Waals surface area contributed by atoms with Crippen molar-refractivity contribution in [3.05, 3.63) is 23.8 Å². The number of piperidine rings is 1. The van der Waals surface area contributed by atoms with Crippen LogP contribution in [-0.4, -0.2) is 44.2 Å². The lowest BCUT2D eigenvalue weighted by molar-refractivity contribution is -0.123. The normalized spacial score (nSPS) is 19.9. The van der Waals surface area contributed by atoms with Gasteiger partial charge in [0.05, 0.1) is 26.8 Å². The molecule has 0 spiro atoms. The summed E-state index contributed by atoms with van der Waals surface area (Å²) in [7, 11) is 3.27. The van der Waals surface area contributed by atoms with Crippen LogP contribution >= 0.6 is 0 Å². The molecule has 1 heterocycles. The monoisotopic (exact) mass is 320 g/mol. The highest BCUT2D eigenvalue weighted by Gasteiger charge is 2.22. The van der Waals surface area contributed by atoms with Crippen LogP contribution in [0.3, 0.4) is 0 Å². The van der Waals surface area contributed by atoms with Crippen molar-refractivity contribution in [3.63, 3.8) is 0 Å². The highest BCUT2D eigenvalue weighted by atomic mass is 16.5. The molecule has 0 saturated carbocycles. The van der Waals surface area contributed by atoms with E-state index in [9.17, 15) is 4.79 Å². The van der Waals surface area contributed by atoms with Gasteiger partial charge in [-0.15, -0.1) is 0 Å². The molecule has 2 atom stereocenters. The van der Waals surface area contributed by atoms with Crippen LogP contribution in [0.25, 0.3) is 0 Å². The maximum atomic E-state index is 12.4. The first kappa shape index (κ1) is 17.6. The minimum absolute atomic E-state index is 0.0520. The molecule has 1 aromatic rings. The number of hydrogen-bond acceptors (Lipinski definition) is 4. The number of rotatable bonds is 6. The number of hydrogen-bond donors (Lipinski definition) is 1. The molecule has 1 aromatic carbocycles. The maximum Gasteiger partial charge on any atom is 0.234 e. The van der Waals surface area contributed by atoms with Gasteiger partial charge in [-0.1, -0.05) is 6.42 Å². The molecule has 5 nitrogen and oxygen atoms in total. The Morgan fingerprint density at radius 1 is 1.35 bits per heavy atom. The molecule has 1 N–H and O–H groups in total. The second kappa shape index (κ2) is 8.20. The average molecular weight is 320 g/mol. The van der Waals surface area contributed by atoms with Crippen LogP contribution < -0.4 is 14.8 Å². The fourth-order valence-corrected chi connectivity index (χ4v) is 3.12. The number of ether oxygens (including phenoxy) is 2. The Bertz CT molecular complexity index is 533. The molecule has 128 valence electrons. The van der Waals surface area contributed by atoms with Gasteiger partial charge in [0, 0.05) is 11.6 Å². The van der Waals surface area contributed by atoms with Gasteiger partial charge in [0.2, 0.25) is 5.91 Å². The van der Waals surface area contributed by atoms with E-state index in [1.807, 2.05) is 25.1 Å². The van der Waals surface area contributed by atoms with Crippen molar-refractivity contribution in [1.82, 2.24) is 10.2 Å². The smallest absolute Gasteiger partial charge is 0.234 e. The summed E-state index contributed by atoms with van der Waals surface area (Å²) in [5.41, 5.74) is 0.923. The topological polar surface area (TPSA) is 50.8 Å². The molecule has 1 fully saturated rings. The molecule has 0 aromatic heterocycles. The first-order valence-electron chi connectivity index (χ1n) is 8.30. The quantitative estimate of drug-likeness (QED) is 0.875. The average Bonchev–Trinajstić information content (AvgIpc) is 2.56. The van der Waals surface area contributed by atoms with E-state index in [1.54, 1.807) is 14.2 Å². The fraction of sp³-hybridized carbons (Fsp3) is 0.611. The number of amides is 1. The zero-order chi connectivity index (χ0) is 16.8. The van der Waals surface area contributed by atoms with Gasteiger partial charge >= 0.3 is 0 Å². The lowest BCUT2D eigenvalue weighted by Crippen LogP contribution is -2.44. The maximum absolute atomic E-state index is 12.4. The molecule has 23 heavy (non-hydrogen) atoms. The lowest BCUT2D eigenvalue weighted by atomic mass is 10.0. The van der Waals surface area contributed by atoms with Crippen LogP contribution in [0.1, 0.15) is 44.7 Å². The Morgan fingerprint density at radius 3 is 2.78 bits per heavy atom. The summed E-state index contributed by atoms with van der Waals surface area (Å²) >= 11 is 0. The molecular formula is C18H28N2O3. The molecule has 0 aliphatic carbocycles. The molecule has 1 aliphatic rings. The van der Waals surface area contributed by atoms with Crippen molar-refractivity contribution in [2.45, 2.75) is 45.2 Å². The van der Waals surface area contributed by atoms with Crippen LogP contribution in [0.15, 0.2) is 18.2 Å². The molecule has 1 saturated heterocycles. The SMILES string of the molecule is COc1ccc(OC)c(C(C)NC(=O)CN2CCCCC2C)c1. The summed E-state index contributed by atoms with van der Waals surface area (Å²) in [4.78, 5) is 14.6. The van der Waals surface area contributed by atoms with Gasteiger partial charge in [-0.05, 0) is 51.4 Å². The Hall–Kier alpha value is -1.75. The van der Waals surface area contributed by atoms with Crippen molar-refractivity contribution >= 4 is 5.91 Å². The van der Waals surface area contributed by atoms with Crippen molar-refractivity contribution < 1.29 is 14.3 Å². The van der Waals surface area contributed by atoms with Gasteiger partial charge < -0.3 is 14.8 Å². The number of nitrogens with zero attached hydrogens (tertiary/aromatic N) is 1. The molecule has 0 radical (unpaired) electrons. The van der Waals surface area contributed by atoms with Crippen LogP contribution in [0, 0.1) is 0 Å². The molecule has 2 rings (SSSR count).